The van der Waals surface area contributed by atoms with Crippen LogP contribution in [-0.4, -0.2) is 17.8 Å². The Balaban J connectivity index is 1.89. The van der Waals surface area contributed by atoms with Crippen molar-refractivity contribution >= 4 is 41.1 Å². The standard InChI is InChI=1S/C23H17ClN2O4/c24-19-12-5-4-11-18(19)21(27)26-20(13-15-7-2-1-3-8-15)22(28)25-17-10-6-9-16(14-17)23(29)30/h1-14H,(H,25,28)(H,26,27)(H,29,30)/p-1/b20-13+. The summed E-state index contributed by atoms with van der Waals surface area (Å²) in [7, 11) is 0. The largest absolute Gasteiger partial charge is 0.545 e. The van der Waals surface area contributed by atoms with Gasteiger partial charge in [0.05, 0.1) is 16.6 Å². The number of anilines is 1. The fourth-order valence-electron chi connectivity index (χ4n) is 2.63. The van der Waals surface area contributed by atoms with E-state index in [0.717, 1.165) is 0 Å². The zero-order valence-electron chi connectivity index (χ0n) is 15.6. The number of hydrogen-bond acceptors (Lipinski definition) is 4. The van der Waals surface area contributed by atoms with Gasteiger partial charge in [0.25, 0.3) is 11.8 Å². The van der Waals surface area contributed by atoms with E-state index < -0.39 is 17.8 Å². The first-order valence-corrected chi connectivity index (χ1v) is 9.27. The predicted molar refractivity (Wildman–Crippen MR) is 113 cm³/mol. The number of rotatable bonds is 6. The molecule has 0 bridgehead atoms. The molecule has 150 valence electrons. The molecule has 0 saturated heterocycles. The maximum atomic E-state index is 12.9. The molecule has 2 amide bonds. The third kappa shape index (κ3) is 5.33. The van der Waals surface area contributed by atoms with Crippen molar-refractivity contribution in [2.24, 2.45) is 0 Å². The molecule has 0 aliphatic heterocycles. The molecule has 3 rings (SSSR count). The van der Waals surface area contributed by atoms with Crippen LogP contribution < -0.4 is 15.7 Å². The van der Waals surface area contributed by atoms with Gasteiger partial charge in [0.2, 0.25) is 0 Å². The highest BCUT2D eigenvalue weighted by Crippen LogP contribution is 2.17. The number of carboxylic acid groups (broad SMARTS) is 1. The number of benzene rings is 3. The molecule has 3 aromatic carbocycles. The number of carbonyl (C=O) groups excluding carboxylic acids is 3. The number of nitrogens with one attached hydrogen (secondary N) is 2. The van der Waals surface area contributed by atoms with Gasteiger partial charge >= 0.3 is 0 Å². The number of carbonyl (C=O) groups is 3. The normalized spacial score (nSPS) is 10.9. The molecule has 2 N–H and O–H groups in total. The summed E-state index contributed by atoms with van der Waals surface area (Å²) in [6.45, 7) is 0. The number of hydrogen-bond donors (Lipinski definition) is 2. The van der Waals surface area contributed by atoms with E-state index >= 15 is 0 Å². The molecule has 30 heavy (non-hydrogen) atoms. The minimum atomic E-state index is -1.36. The molecule has 0 aliphatic rings. The quantitative estimate of drug-likeness (QED) is 0.600. The lowest BCUT2D eigenvalue weighted by atomic mass is 10.1. The van der Waals surface area contributed by atoms with Crippen molar-refractivity contribution in [3.8, 4) is 0 Å². The highest BCUT2D eigenvalue weighted by Gasteiger charge is 2.17. The second-order valence-corrected chi connectivity index (χ2v) is 6.63. The van der Waals surface area contributed by atoms with Gasteiger partial charge < -0.3 is 20.5 Å². The van der Waals surface area contributed by atoms with Crippen molar-refractivity contribution in [1.29, 1.82) is 0 Å². The third-order valence-electron chi connectivity index (χ3n) is 4.08. The van der Waals surface area contributed by atoms with Crippen molar-refractivity contribution in [2.75, 3.05) is 5.32 Å². The van der Waals surface area contributed by atoms with Crippen molar-refractivity contribution in [1.82, 2.24) is 5.32 Å². The van der Waals surface area contributed by atoms with Crippen LogP contribution in [0.2, 0.25) is 5.02 Å². The second-order valence-electron chi connectivity index (χ2n) is 6.23. The number of amides is 2. The van der Waals surface area contributed by atoms with E-state index in [1.54, 1.807) is 48.5 Å². The Morgan fingerprint density at radius 2 is 1.57 bits per heavy atom. The minimum Gasteiger partial charge on any atom is -0.545 e. The van der Waals surface area contributed by atoms with Crippen LogP contribution in [0.15, 0.2) is 84.6 Å². The second kappa shape index (κ2) is 9.54. The van der Waals surface area contributed by atoms with E-state index in [2.05, 4.69) is 10.6 Å². The first-order chi connectivity index (χ1) is 14.4. The van der Waals surface area contributed by atoms with Crippen molar-refractivity contribution in [2.45, 2.75) is 0 Å². The van der Waals surface area contributed by atoms with Crippen LogP contribution in [0.1, 0.15) is 26.3 Å². The van der Waals surface area contributed by atoms with Crippen LogP contribution in [0.4, 0.5) is 5.69 Å². The van der Waals surface area contributed by atoms with Gasteiger partial charge in [-0.25, -0.2) is 0 Å². The van der Waals surface area contributed by atoms with E-state index in [4.69, 9.17) is 11.6 Å². The smallest absolute Gasteiger partial charge is 0.272 e. The maximum absolute atomic E-state index is 12.9. The fraction of sp³-hybridized carbons (Fsp3) is 0. The van der Waals surface area contributed by atoms with Crippen molar-refractivity contribution in [3.63, 3.8) is 0 Å². The Bertz CT molecular complexity index is 1130. The molecule has 0 atom stereocenters. The van der Waals surface area contributed by atoms with Crippen molar-refractivity contribution in [3.05, 3.63) is 106 Å². The first kappa shape index (κ1) is 20.8. The SMILES string of the molecule is O=C(Nc1cccc(C(=O)[O-])c1)/C(=C\c1ccccc1)NC(=O)c1ccccc1Cl. The van der Waals surface area contributed by atoms with Gasteiger partial charge in [-0.05, 0) is 41.5 Å². The van der Waals surface area contributed by atoms with Crippen molar-refractivity contribution < 1.29 is 19.5 Å². The van der Waals surface area contributed by atoms with Gasteiger partial charge in [-0.3, -0.25) is 9.59 Å². The molecule has 0 spiro atoms. The van der Waals surface area contributed by atoms with Gasteiger partial charge in [-0.2, -0.15) is 0 Å². The van der Waals surface area contributed by atoms with Gasteiger partial charge in [-0.1, -0.05) is 66.2 Å². The van der Waals surface area contributed by atoms with E-state index in [1.807, 2.05) is 6.07 Å². The summed E-state index contributed by atoms with van der Waals surface area (Å²) in [5.74, 6) is -2.55. The lowest BCUT2D eigenvalue weighted by Crippen LogP contribution is -2.31. The average molecular weight is 420 g/mol. The summed E-state index contributed by atoms with van der Waals surface area (Å²) in [5.41, 5.74) is 1.02. The van der Waals surface area contributed by atoms with E-state index in [1.165, 1.54) is 30.3 Å². The molecule has 0 fully saturated rings. The summed E-state index contributed by atoms with van der Waals surface area (Å²) in [6.07, 6.45) is 1.51. The summed E-state index contributed by atoms with van der Waals surface area (Å²) in [5, 5.41) is 16.4. The van der Waals surface area contributed by atoms with Crippen LogP contribution in [0.5, 0.6) is 0 Å². The predicted octanol–water partition coefficient (Wildman–Crippen LogP) is 3.11. The molecule has 0 aliphatic carbocycles. The van der Waals surface area contributed by atoms with Crippen LogP contribution in [0.3, 0.4) is 0 Å². The molecular formula is C23H16ClN2O4-. The van der Waals surface area contributed by atoms with Crippen LogP contribution in [-0.2, 0) is 4.79 Å². The highest BCUT2D eigenvalue weighted by molar-refractivity contribution is 6.34. The summed E-state index contributed by atoms with van der Waals surface area (Å²) >= 11 is 6.08. The lowest BCUT2D eigenvalue weighted by molar-refractivity contribution is -0.255. The van der Waals surface area contributed by atoms with Gasteiger partial charge in [0.1, 0.15) is 5.70 Å². The Hall–Kier alpha value is -3.90. The van der Waals surface area contributed by atoms with Crippen LogP contribution >= 0.6 is 11.6 Å². The molecule has 0 aromatic heterocycles. The zero-order valence-corrected chi connectivity index (χ0v) is 16.3. The van der Waals surface area contributed by atoms with Gasteiger partial charge in [0, 0.05) is 5.69 Å². The average Bonchev–Trinajstić information content (AvgIpc) is 2.74. The first-order valence-electron chi connectivity index (χ1n) is 8.89. The zero-order chi connectivity index (χ0) is 21.5. The lowest BCUT2D eigenvalue weighted by Gasteiger charge is -2.13. The van der Waals surface area contributed by atoms with E-state index in [9.17, 15) is 19.5 Å². The molecule has 3 aromatic rings. The summed E-state index contributed by atoms with van der Waals surface area (Å²) in [4.78, 5) is 36.6. The van der Waals surface area contributed by atoms with Gasteiger partial charge in [0.15, 0.2) is 0 Å². The molecule has 0 radical (unpaired) electrons. The minimum absolute atomic E-state index is 0.0371. The Morgan fingerprint density at radius 3 is 2.27 bits per heavy atom. The maximum Gasteiger partial charge on any atom is 0.272 e. The molecule has 0 saturated carbocycles. The summed E-state index contributed by atoms with van der Waals surface area (Å²) in [6, 6.07) is 21.0. The molecule has 6 nitrogen and oxygen atoms in total. The monoisotopic (exact) mass is 419 g/mol. The Labute approximate surface area is 177 Å². The fourth-order valence-corrected chi connectivity index (χ4v) is 2.85. The molecular weight excluding hydrogens is 404 g/mol. The third-order valence-corrected chi connectivity index (χ3v) is 4.41. The molecule has 0 heterocycles. The van der Waals surface area contributed by atoms with Crippen LogP contribution in [0, 0.1) is 0 Å². The number of halogens is 1. The Morgan fingerprint density at radius 1 is 0.867 bits per heavy atom. The number of aromatic carboxylic acids is 1. The molecule has 7 heteroatoms. The van der Waals surface area contributed by atoms with Crippen LogP contribution in [0.25, 0.3) is 6.08 Å². The molecule has 0 unspecified atom stereocenters. The highest BCUT2D eigenvalue weighted by atomic mass is 35.5. The summed E-state index contributed by atoms with van der Waals surface area (Å²) < 4.78 is 0. The van der Waals surface area contributed by atoms with E-state index in [-0.39, 0.29) is 27.5 Å². The van der Waals surface area contributed by atoms with E-state index in [0.29, 0.717) is 5.56 Å². The van der Waals surface area contributed by atoms with Gasteiger partial charge in [-0.15, -0.1) is 0 Å². The number of carboxylic acids is 1. The topological polar surface area (TPSA) is 98.3 Å². The Kier molecular flexibility index (Phi) is 6.62.